The third-order valence-electron chi connectivity index (χ3n) is 14.8. The second-order valence-electron chi connectivity index (χ2n) is 19.8. The summed E-state index contributed by atoms with van der Waals surface area (Å²) in [5.74, 6) is 2.40. The highest BCUT2D eigenvalue weighted by molar-refractivity contribution is 5.76. The third kappa shape index (κ3) is 8.62. The molecular weight excluding hydrogens is 644 g/mol. The number of nitrogens with one attached hydrogen (secondary N) is 1. The van der Waals surface area contributed by atoms with Crippen LogP contribution in [0.5, 0.6) is 0 Å². The van der Waals surface area contributed by atoms with E-state index in [0.29, 0.717) is 61.7 Å². The van der Waals surface area contributed by atoms with Crippen LogP contribution in [0.1, 0.15) is 145 Å². The Morgan fingerprint density at radius 1 is 1.02 bits per heavy atom. The van der Waals surface area contributed by atoms with E-state index in [0.717, 1.165) is 25.7 Å². The number of aliphatic hydroxyl groups is 1. The lowest BCUT2D eigenvalue weighted by molar-refractivity contribution is -0.247. The predicted molar refractivity (Wildman–Crippen MR) is 198 cm³/mol. The summed E-state index contributed by atoms with van der Waals surface area (Å²) < 4.78 is 25.0. The van der Waals surface area contributed by atoms with Gasteiger partial charge in [-0.2, -0.15) is 0 Å². The van der Waals surface area contributed by atoms with Crippen LogP contribution in [0.2, 0.25) is 0 Å². The van der Waals surface area contributed by atoms with Crippen molar-refractivity contribution in [1.82, 2.24) is 10.2 Å². The minimum Gasteiger partial charge on any atom is -0.444 e. The van der Waals surface area contributed by atoms with Gasteiger partial charge in [-0.1, -0.05) is 53.9 Å². The molecule has 2 saturated heterocycles. The molecule has 2 amide bonds. The Kier molecular flexibility index (Phi) is 11.8. The van der Waals surface area contributed by atoms with Gasteiger partial charge in [0.05, 0.1) is 37.6 Å². The van der Waals surface area contributed by atoms with Gasteiger partial charge in [0.25, 0.3) is 0 Å². The molecule has 11 atom stereocenters. The van der Waals surface area contributed by atoms with Gasteiger partial charge < -0.3 is 34.3 Å². The van der Waals surface area contributed by atoms with Crippen LogP contribution in [0.4, 0.5) is 4.79 Å². The molecule has 0 bridgehead atoms. The number of amides is 2. The first-order valence-electron chi connectivity index (χ1n) is 20.9. The number of carbonyl (C=O) groups excluding carboxylic acids is 2. The maximum absolute atomic E-state index is 12.9. The minimum atomic E-state index is -0.520. The van der Waals surface area contributed by atoms with E-state index in [4.69, 9.17) is 18.9 Å². The highest BCUT2D eigenvalue weighted by atomic mass is 16.7. The van der Waals surface area contributed by atoms with E-state index < -0.39 is 17.8 Å². The summed E-state index contributed by atoms with van der Waals surface area (Å²) in [5.41, 5.74) is -0.138. The second kappa shape index (κ2) is 15.4. The Bertz CT molecular complexity index is 1220. The molecule has 4 aliphatic carbocycles. The number of ether oxygens (including phenoxy) is 4. The van der Waals surface area contributed by atoms with Crippen molar-refractivity contribution in [2.24, 2.45) is 45.8 Å². The lowest BCUT2D eigenvalue weighted by Crippen LogP contribution is -2.55. The molecule has 292 valence electrons. The van der Waals surface area contributed by atoms with Crippen molar-refractivity contribution in [1.29, 1.82) is 0 Å². The maximum Gasteiger partial charge on any atom is 0.407 e. The number of alkyl carbamates (subject to hydrolysis) is 1. The molecule has 9 nitrogen and oxygen atoms in total. The standard InChI is InChI=1S/C42H72N2O7/c1-27-24-30(16-21-43-38(47)51-39(3,4)5)49-37-35(27)41(8,28(2)36(37)46)17-11-19-42-18-10-9-12-31(42)40(6,7)32(15-20-42)50-34-26-44(22-23-48-34)33(45)25-29-13-14-29/h27-32,34-37,46H,9-26H2,1-8H3,(H,43,47). The minimum absolute atomic E-state index is 0.0149. The molecule has 51 heavy (non-hydrogen) atoms. The van der Waals surface area contributed by atoms with E-state index in [1.54, 1.807) is 0 Å². The maximum atomic E-state index is 12.9. The fourth-order valence-electron chi connectivity index (χ4n) is 11.9. The molecule has 11 unspecified atom stereocenters. The molecular formula is C42H72N2O7. The lowest BCUT2D eigenvalue weighted by atomic mass is 9.48. The van der Waals surface area contributed by atoms with Gasteiger partial charge in [-0.3, -0.25) is 4.79 Å². The smallest absolute Gasteiger partial charge is 0.407 e. The fourth-order valence-corrected chi connectivity index (χ4v) is 11.9. The Morgan fingerprint density at radius 3 is 2.51 bits per heavy atom. The zero-order chi connectivity index (χ0) is 36.8. The Labute approximate surface area is 309 Å². The van der Waals surface area contributed by atoms with Crippen molar-refractivity contribution in [3.63, 3.8) is 0 Å². The van der Waals surface area contributed by atoms with Crippen molar-refractivity contribution in [2.75, 3.05) is 26.2 Å². The van der Waals surface area contributed by atoms with Crippen molar-refractivity contribution in [3.8, 4) is 0 Å². The number of aliphatic hydroxyl groups excluding tert-OH is 1. The van der Waals surface area contributed by atoms with E-state index in [-0.39, 0.29) is 47.3 Å². The van der Waals surface area contributed by atoms with Crippen LogP contribution in [0.25, 0.3) is 0 Å². The van der Waals surface area contributed by atoms with Crippen LogP contribution in [-0.2, 0) is 23.7 Å². The zero-order valence-corrected chi connectivity index (χ0v) is 33.3. The summed E-state index contributed by atoms with van der Waals surface area (Å²) in [6.07, 6.45) is 14.5. The van der Waals surface area contributed by atoms with Crippen LogP contribution in [0, 0.1) is 45.8 Å². The molecule has 2 N–H and O–H groups in total. The quantitative estimate of drug-likeness (QED) is 0.224. The van der Waals surface area contributed by atoms with E-state index in [1.165, 1.54) is 57.8 Å². The van der Waals surface area contributed by atoms with Crippen LogP contribution < -0.4 is 5.32 Å². The highest BCUT2D eigenvalue weighted by Crippen LogP contribution is 2.62. The lowest BCUT2D eigenvalue weighted by Gasteiger charge is -2.59. The second-order valence-corrected chi connectivity index (χ2v) is 19.8. The van der Waals surface area contributed by atoms with Crippen molar-refractivity contribution >= 4 is 12.0 Å². The van der Waals surface area contributed by atoms with Crippen LogP contribution in [0.15, 0.2) is 0 Å². The number of hydrogen-bond donors (Lipinski definition) is 2. The number of hydrogen-bond acceptors (Lipinski definition) is 7. The van der Waals surface area contributed by atoms with Crippen molar-refractivity contribution in [2.45, 2.75) is 182 Å². The average molecular weight is 717 g/mol. The summed E-state index contributed by atoms with van der Waals surface area (Å²) in [5, 5.41) is 14.5. The largest absolute Gasteiger partial charge is 0.444 e. The summed E-state index contributed by atoms with van der Waals surface area (Å²) in [6.45, 7) is 19.8. The first-order valence-corrected chi connectivity index (χ1v) is 20.9. The Morgan fingerprint density at radius 2 is 1.78 bits per heavy atom. The van der Waals surface area contributed by atoms with Crippen LogP contribution in [0.3, 0.4) is 0 Å². The third-order valence-corrected chi connectivity index (χ3v) is 14.8. The van der Waals surface area contributed by atoms with Gasteiger partial charge in [-0.25, -0.2) is 4.79 Å². The van der Waals surface area contributed by atoms with Gasteiger partial charge in [0, 0.05) is 19.5 Å². The number of nitrogens with zero attached hydrogens (tertiary/aromatic N) is 1. The molecule has 0 aromatic heterocycles. The molecule has 0 radical (unpaired) electrons. The molecule has 4 saturated carbocycles. The normalized spacial score (nSPS) is 41.0. The Balaban J connectivity index is 1.04. The summed E-state index contributed by atoms with van der Waals surface area (Å²) in [6, 6.07) is 0. The van der Waals surface area contributed by atoms with Crippen molar-refractivity contribution < 1.29 is 33.6 Å². The average Bonchev–Trinajstić information content (AvgIpc) is 3.85. The number of rotatable bonds is 11. The molecule has 0 aromatic rings. The molecule has 6 aliphatic rings. The van der Waals surface area contributed by atoms with E-state index in [1.807, 2.05) is 25.7 Å². The monoisotopic (exact) mass is 717 g/mol. The van der Waals surface area contributed by atoms with Gasteiger partial charge in [-0.05, 0) is 131 Å². The van der Waals surface area contributed by atoms with E-state index in [9.17, 15) is 14.7 Å². The molecule has 6 rings (SSSR count). The van der Waals surface area contributed by atoms with Crippen LogP contribution in [-0.4, -0.2) is 84.6 Å². The molecule has 2 aliphatic heterocycles. The first-order chi connectivity index (χ1) is 24.0. The molecule has 9 heteroatoms. The van der Waals surface area contributed by atoms with Gasteiger partial charge in [-0.15, -0.1) is 0 Å². The van der Waals surface area contributed by atoms with Gasteiger partial charge >= 0.3 is 6.09 Å². The van der Waals surface area contributed by atoms with Crippen LogP contribution >= 0.6 is 0 Å². The fraction of sp³-hybridized carbons (Fsp3) is 0.952. The molecule has 0 aromatic carbocycles. The number of fused-ring (bicyclic) bond motifs is 2. The van der Waals surface area contributed by atoms with Gasteiger partial charge in [0.1, 0.15) is 5.60 Å². The Hall–Kier alpha value is -1.42. The van der Waals surface area contributed by atoms with Crippen molar-refractivity contribution in [3.05, 3.63) is 0 Å². The van der Waals surface area contributed by atoms with Gasteiger partial charge in [0.15, 0.2) is 6.29 Å². The summed E-state index contributed by atoms with van der Waals surface area (Å²) in [7, 11) is 0. The summed E-state index contributed by atoms with van der Waals surface area (Å²) >= 11 is 0. The first kappa shape index (κ1) is 39.3. The summed E-state index contributed by atoms with van der Waals surface area (Å²) in [4.78, 5) is 27.1. The number of morpholine rings is 1. The highest BCUT2D eigenvalue weighted by Gasteiger charge is 2.60. The SMILES string of the molecule is CC1CC(CCNC(=O)OC(C)(C)C)OC2C(O)C(C)C(C)(CCCC34CCCCC3C(C)(C)C(OC3CN(C(=O)CC5CC5)CCO3)CC4)C12. The van der Waals surface area contributed by atoms with Gasteiger partial charge in [0.2, 0.25) is 5.91 Å². The molecule has 0 spiro atoms. The molecule has 6 fully saturated rings. The van der Waals surface area contributed by atoms with E-state index in [2.05, 4.69) is 39.9 Å². The molecule has 2 heterocycles. The number of carbonyl (C=O) groups is 2. The predicted octanol–water partition coefficient (Wildman–Crippen LogP) is 7.87. The van der Waals surface area contributed by atoms with E-state index >= 15 is 0 Å². The topological polar surface area (TPSA) is 107 Å². The zero-order valence-electron chi connectivity index (χ0n) is 33.3.